The molecule has 1 aromatic carbocycles. The van der Waals surface area contributed by atoms with Gasteiger partial charge in [0.15, 0.2) is 11.7 Å². The maximum absolute atomic E-state index is 8.96. The molecule has 0 radical (unpaired) electrons. The van der Waals surface area contributed by atoms with Gasteiger partial charge in [0, 0.05) is 17.3 Å². The van der Waals surface area contributed by atoms with Crippen molar-refractivity contribution >= 4 is 21.8 Å². The van der Waals surface area contributed by atoms with E-state index < -0.39 is 0 Å². The Bertz CT molecular complexity index is 650. The molecule has 1 heterocycles. The molecule has 0 amide bonds. The predicted molar refractivity (Wildman–Crippen MR) is 80.3 cm³/mol. The van der Waals surface area contributed by atoms with Crippen LogP contribution in [-0.4, -0.2) is 25.8 Å². The first kappa shape index (κ1) is 14.5. The fraction of sp³-hybridized carbons (Fsp3) is 0.308. The van der Waals surface area contributed by atoms with Crippen LogP contribution in [-0.2, 0) is 12.8 Å². The molecule has 20 heavy (non-hydrogen) atoms. The van der Waals surface area contributed by atoms with E-state index in [0.717, 1.165) is 34.7 Å². The van der Waals surface area contributed by atoms with Crippen molar-refractivity contribution < 1.29 is 5.21 Å². The lowest BCUT2D eigenvalue weighted by atomic mass is 10.1. The van der Waals surface area contributed by atoms with Gasteiger partial charge in [0.25, 0.3) is 0 Å². The molecule has 0 fully saturated rings. The Morgan fingerprint density at radius 1 is 1.40 bits per heavy atom. The predicted octanol–water partition coefficient (Wildman–Crippen LogP) is 2.25. The molecule has 0 aliphatic carbocycles. The van der Waals surface area contributed by atoms with Crippen LogP contribution in [0.5, 0.6) is 0 Å². The molecule has 106 valence electrons. The number of hydrogen-bond acceptors (Lipinski definition) is 4. The van der Waals surface area contributed by atoms with E-state index >= 15 is 0 Å². The number of halogens is 1. The summed E-state index contributed by atoms with van der Waals surface area (Å²) in [5.74, 6) is 1.64. The Morgan fingerprint density at radius 3 is 2.75 bits per heavy atom. The first-order chi connectivity index (χ1) is 9.62. The van der Waals surface area contributed by atoms with Gasteiger partial charge in [-0.05, 0) is 28.1 Å². The molecule has 0 spiro atoms. The lowest BCUT2D eigenvalue weighted by molar-refractivity contribution is 0.318. The molecule has 0 aliphatic heterocycles. The molecule has 0 bridgehead atoms. The van der Waals surface area contributed by atoms with Gasteiger partial charge < -0.3 is 10.9 Å². The Morgan fingerprint density at radius 2 is 2.15 bits per heavy atom. The third kappa shape index (κ3) is 2.53. The highest BCUT2D eigenvalue weighted by Gasteiger charge is 2.17. The molecule has 0 unspecified atom stereocenters. The van der Waals surface area contributed by atoms with Gasteiger partial charge in [0.1, 0.15) is 5.82 Å². The van der Waals surface area contributed by atoms with E-state index in [9.17, 15) is 0 Å². The van der Waals surface area contributed by atoms with Gasteiger partial charge in [-0.1, -0.05) is 25.1 Å². The lowest BCUT2D eigenvalue weighted by Gasteiger charge is -2.11. The average molecular weight is 338 g/mol. The lowest BCUT2D eigenvalue weighted by Crippen LogP contribution is -2.18. The van der Waals surface area contributed by atoms with Crippen LogP contribution >= 0.6 is 15.9 Å². The summed E-state index contributed by atoms with van der Waals surface area (Å²) < 4.78 is 2.48. The molecule has 7 heteroatoms. The molecule has 3 N–H and O–H groups in total. The second-order valence-corrected chi connectivity index (χ2v) is 5.04. The number of nitrogens with two attached hydrogens (primary N) is 1. The maximum atomic E-state index is 8.96. The summed E-state index contributed by atoms with van der Waals surface area (Å²) in [7, 11) is 0. The van der Waals surface area contributed by atoms with E-state index in [0.29, 0.717) is 5.56 Å². The van der Waals surface area contributed by atoms with Crippen LogP contribution in [0, 0.1) is 0 Å². The van der Waals surface area contributed by atoms with Crippen LogP contribution in [0.15, 0.2) is 27.8 Å². The second kappa shape index (κ2) is 6.04. The molecule has 0 aliphatic rings. The molecule has 0 atom stereocenters. The van der Waals surface area contributed by atoms with E-state index in [-0.39, 0.29) is 5.84 Å². The number of benzene rings is 1. The summed E-state index contributed by atoms with van der Waals surface area (Å²) in [5.41, 5.74) is 7.10. The van der Waals surface area contributed by atoms with Crippen LogP contribution in [0.25, 0.3) is 5.69 Å². The first-order valence-corrected chi connectivity index (χ1v) is 7.13. The quantitative estimate of drug-likeness (QED) is 0.387. The second-order valence-electron chi connectivity index (χ2n) is 4.18. The van der Waals surface area contributed by atoms with Crippen LogP contribution < -0.4 is 5.73 Å². The Hall–Kier alpha value is -1.89. The molecule has 6 nitrogen and oxygen atoms in total. The normalized spacial score (nSPS) is 11.8. The Labute approximate surface area is 125 Å². The topological polar surface area (TPSA) is 89.3 Å². The zero-order valence-electron chi connectivity index (χ0n) is 11.3. The van der Waals surface area contributed by atoms with Crippen LogP contribution in [0.1, 0.15) is 31.1 Å². The molecule has 0 saturated heterocycles. The molecule has 2 rings (SSSR count). The van der Waals surface area contributed by atoms with Gasteiger partial charge in [-0.2, -0.15) is 5.10 Å². The van der Waals surface area contributed by atoms with Gasteiger partial charge in [-0.15, -0.1) is 0 Å². The SMILES string of the molecule is CCc1nc(CC)n(-c2cccc(Br)c2/C(N)=N/O)n1. The Balaban J connectivity index is 2.69. The summed E-state index contributed by atoms with van der Waals surface area (Å²) >= 11 is 3.42. The number of rotatable bonds is 4. The maximum Gasteiger partial charge on any atom is 0.173 e. The minimum atomic E-state index is 0.0306. The monoisotopic (exact) mass is 337 g/mol. The summed E-state index contributed by atoms with van der Waals surface area (Å²) in [4.78, 5) is 4.47. The van der Waals surface area contributed by atoms with Crippen LogP contribution in [0.2, 0.25) is 0 Å². The minimum Gasteiger partial charge on any atom is -0.409 e. The highest BCUT2D eigenvalue weighted by atomic mass is 79.9. The molecular weight excluding hydrogens is 322 g/mol. The zero-order chi connectivity index (χ0) is 14.7. The van der Waals surface area contributed by atoms with Gasteiger partial charge in [0.2, 0.25) is 0 Å². The highest BCUT2D eigenvalue weighted by molar-refractivity contribution is 9.10. The number of aromatic nitrogens is 3. The number of aryl methyl sites for hydroxylation is 2. The summed E-state index contributed by atoms with van der Waals surface area (Å²) in [6.07, 6.45) is 1.50. The zero-order valence-corrected chi connectivity index (χ0v) is 12.9. The van der Waals surface area contributed by atoms with Gasteiger partial charge in [0.05, 0.1) is 11.3 Å². The van der Waals surface area contributed by atoms with Crippen molar-refractivity contribution in [3.05, 3.63) is 39.9 Å². The molecule has 0 saturated carbocycles. The highest BCUT2D eigenvalue weighted by Crippen LogP contribution is 2.24. The summed E-state index contributed by atoms with van der Waals surface area (Å²) in [5, 5.41) is 16.5. The molecule has 1 aromatic heterocycles. The van der Waals surface area contributed by atoms with E-state index in [4.69, 9.17) is 10.9 Å². The largest absolute Gasteiger partial charge is 0.409 e. The van der Waals surface area contributed by atoms with Crippen molar-refractivity contribution in [1.82, 2.24) is 14.8 Å². The summed E-state index contributed by atoms with van der Waals surface area (Å²) in [6.45, 7) is 4.02. The van der Waals surface area contributed by atoms with E-state index in [1.807, 2.05) is 32.0 Å². The van der Waals surface area contributed by atoms with E-state index in [1.165, 1.54) is 0 Å². The number of nitrogens with zero attached hydrogens (tertiary/aromatic N) is 4. The smallest absolute Gasteiger partial charge is 0.173 e. The van der Waals surface area contributed by atoms with E-state index in [1.54, 1.807) is 4.68 Å². The molecular formula is C13H16BrN5O. The number of oxime groups is 1. The molecule has 2 aromatic rings. The van der Waals surface area contributed by atoms with Crippen molar-refractivity contribution in [2.75, 3.05) is 0 Å². The van der Waals surface area contributed by atoms with Crippen molar-refractivity contribution in [3.63, 3.8) is 0 Å². The number of hydrogen-bond donors (Lipinski definition) is 2. The van der Waals surface area contributed by atoms with Crippen molar-refractivity contribution in [2.45, 2.75) is 26.7 Å². The van der Waals surface area contributed by atoms with Gasteiger partial charge >= 0.3 is 0 Å². The fourth-order valence-corrected chi connectivity index (χ4v) is 2.52. The van der Waals surface area contributed by atoms with Crippen molar-refractivity contribution in [1.29, 1.82) is 0 Å². The van der Waals surface area contributed by atoms with Crippen LogP contribution in [0.3, 0.4) is 0 Å². The van der Waals surface area contributed by atoms with Gasteiger partial charge in [-0.25, -0.2) is 9.67 Å². The van der Waals surface area contributed by atoms with E-state index in [2.05, 4.69) is 31.2 Å². The average Bonchev–Trinajstić information content (AvgIpc) is 2.89. The van der Waals surface area contributed by atoms with Crippen molar-refractivity contribution in [2.24, 2.45) is 10.9 Å². The number of amidine groups is 1. The summed E-state index contributed by atoms with van der Waals surface area (Å²) in [6, 6.07) is 5.58. The minimum absolute atomic E-state index is 0.0306. The Kier molecular flexibility index (Phi) is 4.39. The third-order valence-corrected chi connectivity index (χ3v) is 3.60. The van der Waals surface area contributed by atoms with Crippen LogP contribution in [0.4, 0.5) is 0 Å². The third-order valence-electron chi connectivity index (χ3n) is 2.93. The van der Waals surface area contributed by atoms with Gasteiger partial charge in [-0.3, -0.25) is 0 Å². The fourth-order valence-electron chi connectivity index (χ4n) is 1.96. The first-order valence-electron chi connectivity index (χ1n) is 6.33. The standard InChI is InChI=1S/C13H16BrN5O/c1-3-10-16-11(4-2)19(17-10)9-7-5-6-8(14)12(9)13(15)18-20/h5-7,20H,3-4H2,1-2H3,(H2,15,18). The van der Waals surface area contributed by atoms with Crippen molar-refractivity contribution in [3.8, 4) is 5.69 Å².